The molecule has 1 saturated heterocycles. The summed E-state index contributed by atoms with van der Waals surface area (Å²) in [5.74, 6) is 0.326. The van der Waals surface area contributed by atoms with Crippen LogP contribution in [0.5, 0.6) is 0 Å². The Morgan fingerprint density at radius 3 is 2.74 bits per heavy atom. The van der Waals surface area contributed by atoms with Crippen molar-refractivity contribution in [3.8, 4) is 0 Å². The van der Waals surface area contributed by atoms with E-state index in [1.807, 2.05) is 25.1 Å². The van der Waals surface area contributed by atoms with Crippen LogP contribution >= 0.6 is 11.6 Å². The molecule has 2 N–H and O–H groups in total. The first-order valence-electron chi connectivity index (χ1n) is 6.53. The standard InChI is InChI=1S/C14H19ClN2O2/c1-10-2-3-13(12(15)8-10)16-14(19)17-6-4-11(9-18)5-7-17/h2-3,8,11,18H,4-7,9H2,1H3,(H,16,19). The third kappa shape index (κ3) is 3.61. The van der Waals surface area contributed by atoms with E-state index in [1.54, 1.807) is 4.90 Å². The Labute approximate surface area is 118 Å². The number of carbonyl (C=O) groups is 1. The van der Waals surface area contributed by atoms with Crippen LogP contribution < -0.4 is 5.32 Å². The second-order valence-electron chi connectivity index (χ2n) is 5.03. The van der Waals surface area contributed by atoms with Crippen LogP contribution in [0.3, 0.4) is 0 Å². The molecular weight excluding hydrogens is 264 g/mol. The fourth-order valence-electron chi connectivity index (χ4n) is 2.23. The molecule has 1 aromatic carbocycles. The number of halogens is 1. The van der Waals surface area contributed by atoms with Crippen LogP contribution in [-0.4, -0.2) is 35.7 Å². The Morgan fingerprint density at radius 1 is 1.47 bits per heavy atom. The number of aliphatic hydroxyl groups is 1. The number of anilines is 1. The number of aliphatic hydroxyl groups excluding tert-OH is 1. The third-order valence-electron chi connectivity index (χ3n) is 3.53. The second kappa shape index (κ2) is 6.26. The molecule has 2 amide bonds. The van der Waals surface area contributed by atoms with Crippen molar-refractivity contribution in [1.29, 1.82) is 0 Å². The molecule has 19 heavy (non-hydrogen) atoms. The maximum Gasteiger partial charge on any atom is 0.321 e. The van der Waals surface area contributed by atoms with Crippen LogP contribution in [0.15, 0.2) is 18.2 Å². The number of nitrogens with zero attached hydrogens (tertiary/aromatic N) is 1. The number of aryl methyl sites for hydroxylation is 1. The summed E-state index contributed by atoms with van der Waals surface area (Å²) in [7, 11) is 0. The molecule has 1 heterocycles. The summed E-state index contributed by atoms with van der Waals surface area (Å²) in [5.41, 5.74) is 1.70. The van der Waals surface area contributed by atoms with E-state index in [-0.39, 0.29) is 12.6 Å². The van der Waals surface area contributed by atoms with Crippen molar-refractivity contribution in [2.24, 2.45) is 5.92 Å². The van der Waals surface area contributed by atoms with Gasteiger partial charge in [-0.3, -0.25) is 0 Å². The van der Waals surface area contributed by atoms with Gasteiger partial charge >= 0.3 is 6.03 Å². The fourth-order valence-corrected chi connectivity index (χ4v) is 2.52. The maximum absolute atomic E-state index is 12.1. The topological polar surface area (TPSA) is 52.6 Å². The molecule has 0 aliphatic carbocycles. The van der Waals surface area contributed by atoms with E-state index in [0.717, 1.165) is 18.4 Å². The SMILES string of the molecule is Cc1ccc(NC(=O)N2CCC(CO)CC2)c(Cl)c1. The van der Waals surface area contributed by atoms with Gasteiger partial charge in [-0.15, -0.1) is 0 Å². The summed E-state index contributed by atoms with van der Waals surface area (Å²) in [5, 5.41) is 12.5. The summed E-state index contributed by atoms with van der Waals surface area (Å²) in [6, 6.07) is 5.44. The minimum Gasteiger partial charge on any atom is -0.396 e. The first-order chi connectivity index (χ1) is 9.10. The Morgan fingerprint density at radius 2 is 2.16 bits per heavy atom. The lowest BCUT2D eigenvalue weighted by atomic mass is 9.98. The zero-order valence-electron chi connectivity index (χ0n) is 11.0. The van der Waals surface area contributed by atoms with Crippen LogP contribution in [0.25, 0.3) is 0 Å². The number of hydrogen-bond acceptors (Lipinski definition) is 2. The number of rotatable bonds is 2. The van der Waals surface area contributed by atoms with Crippen molar-refractivity contribution in [3.05, 3.63) is 28.8 Å². The van der Waals surface area contributed by atoms with Gasteiger partial charge in [-0.1, -0.05) is 17.7 Å². The van der Waals surface area contributed by atoms with Gasteiger partial charge in [-0.2, -0.15) is 0 Å². The Balaban J connectivity index is 1.94. The molecule has 0 spiro atoms. The minimum absolute atomic E-state index is 0.123. The Kier molecular flexibility index (Phi) is 4.66. The molecule has 1 aliphatic heterocycles. The van der Waals surface area contributed by atoms with Gasteiger partial charge in [0.1, 0.15) is 0 Å². The normalized spacial score (nSPS) is 16.5. The number of urea groups is 1. The summed E-state index contributed by atoms with van der Waals surface area (Å²) in [6.45, 7) is 3.53. The van der Waals surface area contributed by atoms with Gasteiger partial charge in [0.2, 0.25) is 0 Å². The highest BCUT2D eigenvalue weighted by atomic mass is 35.5. The lowest BCUT2D eigenvalue weighted by Gasteiger charge is -2.31. The van der Waals surface area contributed by atoms with Crippen LogP contribution in [0.2, 0.25) is 5.02 Å². The van der Waals surface area contributed by atoms with E-state index in [9.17, 15) is 4.79 Å². The lowest BCUT2D eigenvalue weighted by molar-refractivity contribution is 0.143. The van der Waals surface area contributed by atoms with E-state index in [2.05, 4.69) is 5.32 Å². The number of benzene rings is 1. The van der Waals surface area contributed by atoms with Gasteiger partial charge in [0, 0.05) is 19.7 Å². The molecule has 0 radical (unpaired) electrons. The van der Waals surface area contributed by atoms with E-state index in [0.29, 0.717) is 29.7 Å². The molecule has 4 nitrogen and oxygen atoms in total. The van der Waals surface area contributed by atoms with E-state index in [1.165, 1.54) is 0 Å². The first-order valence-corrected chi connectivity index (χ1v) is 6.91. The molecular formula is C14H19ClN2O2. The lowest BCUT2D eigenvalue weighted by Crippen LogP contribution is -2.41. The van der Waals surface area contributed by atoms with E-state index >= 15 is 0 Å². The Hall–Kier alpha value is -1.26. The molecule has 5 heteroatoms. The number of likely N-dealkylation sites (tertiary alicyclic amines) is 1. The fraction of sp³-hybridized carbons (Fsp3) is 0.500. The number of nitrogens with one attached hydrogen (secondary N) is 1. The highest BCUT2D eigenvalue weighted by Crippen LogP contribution is 2.24. The van der Waals surface area contributed by atoms with Crippen molar-refractivity contribution in [2.75, 3.05) is 25.0 Å². The van der Waals surface area contributed by atoms with Crippen molar-refractivity contribution in [2.45, 2.75) is 19.8 Å². The van der Waals surface area contributed by atoms with E-state index < -0.39 is 0 Å². The zero-order chi connectivity index (χ0) is 13.8. The minimum atomic E-state index is -0.123. The van der Waals surface area contributed by atoms with Gasteiger partial charge < -0.3 is 15.3 Å². The highest BCUT2D eigenvalue weighted by Gasteiger charge is 2.22. The van der Waals surface area contributed by atoms with Crippen LogP contribution in [0.4, 0.5) is 10.5 Å². The number of piperidine rings is 1. The van der Waals surface area contributed by atoms with Gasteiger partial charge in [0.15, 0.2) is 0 Å². The predicted octanol–water partition coefficient (Wildman–Crippen LogP) is 2.88. The maximum atomic E-state index is 12.1. The molecule has 0 aromatic heterocycles. The van der Waals surface area contributed by atoms with Crippen molar-refractivity contribution >= 4 is 23.3 Å². The van der Waals surface area contributed by atoms with Crippen LogP contribution in [-0.2, 0) is 0 Å². The molecule has 1 aromatic rings. The van der Waals surface area contributed by atoms with Crippen molar-refractivity contribution in [1.82, 2.24) is 4.90 Å². The average Bonchev–Trinajstić information content (AvgIpc) is 2.42. The second-order valence-corrected chi connectivity index (χ2v) is 5.43. The molecule has 104 valence electrons. The van der Waals surface area contributed by atoms with Gasteiger partial charge in [-0.05, 0) is 43.4 Å². The van der Waals surface area contributed by atoms with Gasteiger partial charge in [-0.25, -0.2) is 4.79 Å². The van der Waals surface area contributed by atoms with Crippen LogP contribution in [0.1, 0.15) is 18.4 Å². The molecule has 0 bridgehead atoms. The van der Waals surface area contributed by atoms with Gasteiger partial charge in [0.25, 0.3) is 0 Å². The summed E-state index contributed by atoms with van der Waals surface area (Å²) >= 11 is 6.09. The smallest absolute Gasteiger partial charge is 0.321 e. The predicted molar refractivity (Wildman–Crippen MR) is 76.6 cm³/mol. The monoisotopic (exact) mass is 282 g/mol. The number of amides is 2. The molecule has 0 saturated carbocycles. The molecule has 1 aliphatic rings. The molecule has 1 fully saturated rings. The highest BCUT2D eigenvalue weighted by molar-refractivity contribution is 6.33. The average molecular weight is 283 g/mol. The van der Waals surface area contributed by atoms with Crippen molar-refractivity contribution in [3.63, 3.8) is 0 Å². The summed E-state index contributed by atoms with van der Waals surface area (Å²) in [4.78, 5) is 13.9. The van der Waals surface area contributed by atoms with E-state index in [4.69, 9.17) is 16.7 Å². The third-order valence-corrected chi connectivity index (χ3v) is 3.84. The molecule has 2 rings (SSSR count). The number of hydrogen-bond donors (Lipinski definition) is 2. The van der Waals surface area contributed by atoms with Crippen molar-refractivity contribution < 1.29 is 9.90 Å². The Bertz CT molecular complexity index is 457. The molecule has 0 atom stereocenters. The largest absolute Gasteiger partial charge is 0.396 e. The quantitative estimate of drug-likeness (QED) is 0.876. The number of carbonyl (C=O) groups excluding carboxylic acids is 1. The van der Waals surface area contributed by atoms with Gasteiger partial charge in [0.05, 0.1) is 10.7 Å². The first kappa shape index (κ1) is 14.2. The molecule has 0 unspecified atom stereocenters. The summed E-state index contributed by atoms with van der Waals surface area (Å²) < 4.78 is 0. The summed E-state index contributed by atoms with van der Waals surface area (Å²) in [6.07, 6.45) is 1.71. The zero-order valence-corrected chi connectivity index (χ0v) is 11.8. The van der Waals surface area contributed by atoms with Crippen LogP contribution in [0, 0.1) is 12.8 Å².